The Hall–Kier alpha value is -3.48. The number of carbonyl (C=O) groups excluding carboxylic acids is 1. The van der Waals surface area contributed by atoms with Gasteiger partial charge in [-0.25, -0.2) is 0 Å². The van der Waals surface area contributed by atoms with Crippen LogP contribution in [0.25, 0.3) is 11.0 Å². The van der Waals surface area contributed by atoms with Gasteiger partial charge in [0.05, 0.1) is 5.56 Å². The zero-order valence-corrected chi connectivity index (χ0v) is 15.9. The Morgan fingerprint density at radius 1 is 1.18 bits per heavy atom. The number of furan rings is 1. The molecule has 0 fully saturated rings. The number of aryl methyl sites for hydroxylation is 3. The molecule has 0 unspecified atom stereocenters. The first kappa shape index (κ1) is 17.9. The molecule has 0 aliphatic heterocycles. The van der Waals surface area contributed by atoms with Crippen LogP contribution < -0.4 is 4.74 Å². The second-order valence-electron chi connectivity index (χ2n) is 6.63. The number of rotatable bonds is 6. The lowest BCUT2D eigenvalue weighted by Gasteiger charge is -2.13. The predicted octanol–water partition coefficient (Wildman–Crippen LogP) is 3.94. The van der Waals surface area contributed by atoms with E-state index in [1.165, 1.54) is 0 Å². The molecule has 4 rings (SSSR count). The summed E-state index contributed by atoms with van der Waals surface area (Å²) in [5.41, 5.74) is 3.73. The summed E-state index contributed by atoms with van der Waals surface area (Å²) in [6.07, 6.45) is 0.652. The second-order valence-corrected chi connectivity index (χ2v) is 6.63. The minimum absolute atomic E-state index is 0.0438. The van der Waals surface area contributed by atoms with E-state index in [1.807, 2.05) is 57.2 Å². The summed E-state index contributed by atoms with van der Waals surface area (Å²) in [7, 11) is 0. The van der Waals surface area contributed by atoms with Gasteiger partial charge in [-0.3, -0.25) is 4.79 Å². The average molecular weight is 376 g/mol. The lowest BCUT2D eigenvalue weighted by atomic mass is 9.96. The van der Waals surface area contributed by atoms with E-state index in [0.29, 0.717) is 34.9 Å². The Morgan fingerprint density at radius 2 is 1.93 bits per heavy atom. The fourth-order valence-electron chi connectivity index (χ4n) is 3.43. The van der Waals surface area contributed by atoms with Crippen molar-refractivity contribution in [1.82, 2.24) is 20.6 Å². The van der Waals surface area contributed by atoms with Crippen LogP contribution >= 0.6 is 0 Å². The van der Waals surface area contributed by atoms with Gasteiger partial charge in [0.15, 0.2) is 12.4 Å². The van der Waals surface area contributed by atoms with E-state index in [9.17, 15) is 4.79 Å². The topological polar surface area (TPSA) is 93.9 Å². The minimum atomic E-state index is -0.0438. The first-order valence-electron chi connectivity index (χ1n) is 9.10. The number of ether oxygens (including phenoxy) is 1. The van der Waals surface area contributed by atoms with Gasteiger partial charge in [-0.05, 0) is 43.2 Å². The smallest absolute Gasteiger partial charge is 0.211 e. The van der Waals surface area contributed by atoms with E-state index in [1.54, 1.807) is 0 Å². The normalized spacial score (nSPS) is 11.1. The maximum absolute atomic E-state index is 13.3. The van der Waals surface area contributed by atoms with Crippen LogP contribution in [0.2, 0.25) is 0 Å². The van der Waals surface area contributed by atoms with Crippen molar-refractivity contribution in [3.63, 3.8) is 0 Å². The molecular weight excluding hydrogens is 356 g/mol. The summed E-state index contributed by atoms with van der Waals surface area (Å²) in [6, 6.07) is 11.3. The van der Waals surface area contributed by atoms with Crippen LogP contribution in [-0.2, 0) is 13.0 Å². The fourth-order valence-corrected chi connectivity index (χ4v) is 3.43. The first-order chi connectivity index (χ1) is 13.6. The molecule has 7 nitrogen and oxygen atoms in total. The number of tetrazole rings is 1. The number of carbonyl (C=O) groups is 1. The molecule has 0 saturated heterocycles. The zero-order chi connectivity index (χ0) is 19.7. The maximum atomic E-state index is 13.3. The lowest BCUT2D eigenvalue weighted by Crippen LogP contribution is -2.06. The van der Waals surface area contributed by atoms with Crippen molar-refractivity contribution in [3.05, 3.63) is 70.2 Å². The van der Waals surface area contributed by atoms with Gasteiger partial charge in [-0.1, -0.05) is 30.3 Å². The molecule has 7 heteroatoms. The number of aromatic amines is 1. The van der Waals surface area contributed by atoms with Gasteiger partial charge in [0, 0.05) is 17.4 Å². The summed E-state index contributed by atoms with van der Waals surface area (Å²) < 4.78 is 11.7. The molecule has 4 aromatic rings. The van der Waals surface area contributed by atoms with Gasteiger partial charge < -0.3 is 9.15 Å². The number of hydrogen-bond donors (Lipinski definition) is 1. The van der Waals surface area contributed by atoms with E-state index >= 15 is 0 Å². The summed E-state index contributed by atoms with van der Waals surface area (Å²) in [6.45, 7) is 6.03. The van der Waals surface area contributed by atoms with Crippen molar-refractivity contribution < 1.29 is 13.9 Å². The van der Waals surface area contributed by atoms with Gasteiger partial charge in [0.1, 0.15) is 17.1 Å². The highest BCUT2D eigenvalue weighted by Gasteiger charge is 2.22. The van der Waals surface area contributed by atoms with E-state index < -0.39 is 0 Å². The van der Waals surface area contributed by atoms with E-state index in [-0.39, 0.29) is 12.4 Å². The van der Waals surface area contributed by atoms with Gasteiger partial charge in [0.25, 0.3) is 0 Å². The molecule has 2 heterocycles. The van der Waals surface area contributed by atoms with Crippen LogP contribution in [0.4, 0.5) is 0 Å². The van der Waals surface area contributed by atoms with Gasteiger partial charge >= 0.3 is 0 Å². The zero-order valence-electron chi connectivity index (χ0n) is 15.9. The van der Waals surface area contributed by atoms with E-state index in [4.69, 9.17) is 9.15 Å². The van der Waals surface area contributed by atoms with Crippen LogP contribution in [0.3, 0.4) is 0 Å². The van der Waals surface area contributed by atoms with Crippen LogP contribution in [0.5, 0.6) is 5.75 Å². The Bertz CT molecular complexity index is 1120. The van der Waals surface area contributed by atoms with Crippen molar-refractivity contribution >= 4 is 16.8 Å². The first-order valence-corrected chi connectivity index (χ1v) is 9.10. The number of ketones is 1. The molecule has 0 bridgehead atoms. The molecule has 1 N–H and O–H groups in total. The molecule has 0 radical (unpaired) electrons. The summed E-state index contributed by atoms with van der Waals surface area (Å²) in [5.74, 6) is 1.85. The number of nitrogens with one attached hydrogen (secondary N) is 1. The summed E-state index contributed by atoms with van der Waals surface area (Å²) in [5, 5.41) is 14.5. The van der Waals surface area contributed by atoms with Gasteiger partial charge in [0.2, 0.25) is 5.82 Å². The molecule has 0 aliphatic carbocycles. The van der Waals surface area contributed by atoms with Crippen LogP contribution in [0, 0.1) is 13.8 Å². The highest BCUT2D eigenvalue weighted by atomic mass is 16.5. The maximum Gasteiger partial charge on any atom is 0.211 e. The molecule has 0 spiro atoms. The van der Waals surface area contributed by atoms with Gasteiger partial charge in [-0.15, -0.1) is 10.2 Å². The summed E-state index contributed by atoms with van der Waals surface area (Å²) in [4.78, 5) is 13.3. The minimum Gasteiger partial charge on any atom is -0.485 e. The van der Waals surface area contributed by atoms with Crippen molar-refractivity contribution in [2.45, 2.75) is 33.8 Å². The number of fused-ring (bicyclic) bond motifs is 1. The van der Waals surface area contributed by atoms with Crippen molar-refractivity contribution in [1.29, 1.82) is 0 Å². The molecule has 2 aromatic heterocycles. The Kier molecular flexibility index (Phi) is 4.65. The molecule has 142 valence electrons. The molecule has 0 atom stereocenters. The number of benzene rings is 2. The van der Waals surface area contributed by atoms with Crippen LogP contribution in [0.15, 0.2) is 40.8 Å². The highest BCUT2D eigenvalue weighted by Crippen LogP contribution is 2.31. The third kappa shape index (κ3) is 3.15. The second kappa shape index (κ2) is 7.26. The lowest BCUT2D eigenvalue weighted by molar-refractivity contribution is 0.103. The third-order valence-corrected chi connectivity index (χ3v) is 4.67. The molecule has 28 heavy (non-hydrogen) atoms. The largest absolute Gasteiger partial charge is 0.485 e. The van der Waals surface area contributed by atoms with Crippen molar-refractivity contribution in [2.24, 2.45) is 0 Å². The fraction of sp³-hybridized carbons (Fsp3) is 0.238. The third-order valence-electron chi connectivity index (χ3n) is 4.67. The average Bonchev–Trinajstić information content (AvgIpc) is 3.33. The monoisotopic (exact) mass is 376 g/mol. The van der Waals surface area contributed by atoms with E-state index in [2.05, 4.69) is 20.6 Å². The number of nitrogens with zero attached hydrogens (tertiary/aromatic N) is 3. The molecule has 0 saturated carbocycles. The van der Waals surface area contributed by atoms with Crippen molar-refractivity contribution in [2.75, 3.05) is 0 Å². The highest BCUT2D eigenvalue weighted by molar-refractivity contribution is 6.17. The van der Waals surface area contributed by atoms with Crippen LogP contribution in [0.1, 0.15) is 45.6 Å². The summed E-state index contributed by atoms with van der Waals surface area (Å²) >= 11 is 0. The Labute approximate surface area is 161 Å². The number of aromatic nitrogens is 4. The predicted molar refractivity (Wildman–Crippen MR) is 103 cm³/mol. The number of hydrogen-bond acceptors (Lipinski definition) is 6. The number of para-hydroxylation sites is 1. The molecule has 0 amide bonds. The standard InChI is InChI=1S/C21H20N4O3/c1-4-16-19(15-7-5-6-8-17(15)28-16)20(26)14-9-12(2)21(13(3)10-14)27-11-18-22-24-25-23-18/h5-10H,4,11H2,1-3H3,(H,22,23,24,25). The molecule has 2 aromatic carbocycles. The molecule has 0 aliphatic rings. The SMILES string of the molecule is CCc1oc2ccccc2c1C(=O)c1cc(C)c(OCc2nn[nH]n2)c(C)c1. The van der Waals surface area contributed by atoms with Crippen molar-refractivity contribution in [3.8, 4) is 5.75 Å². The quantitative estimate of drug-likeness (QED) is 0.512. The van der Waals surface area contributed by atoms with Crippen LogP contribution in [-0.4, -0.2) is 26.4 Å². The Balaban J connectivity index is 1.69. The Morgan fingerprint density at radius 3 is 2.61 bits per heavy atom. The van der Waals surface area contributed by atoms with E-state index in [0.717, 1.165) is 22.1 Å². The van der Waals surface area contributed by atoms with Gasteiger partial charge in [-0.2, -0.15) is 5.21 Å². The molecular formula is C21H20N4O3. The number of H-pyrrole nitrogens is 1.